The molecule has 0 aromatic carbocycles. The number of nitrogens with zero attached hydrogens (tertiary/aromatic N) is 4. The number of hydrogen-bond donors (Lipinski definition) is 1. The van der Waals surface area contributed by atoms with Crippen molar-refractivity contribution < 1.29 is 5.11 Å². The molecule has 3 rings (SSSR count). The van der Waals surface area contributed by atoms with Crippen molar-refractivity contribution in [2.75, 3.05) is 13.1 Å². The highest BCUT2D eigenvalue weighted by Gasteiger charge is 2.35. The van der Waals surface area contributed by atoms with Crippen LogP contribution in [-0.2, 0) is 12.1 Å². The second-order valence-corrected chi connectivity index (χ2v) is 7.01. The predicted molar refractivity (Wildman–Crippen MR) is 82.0 cm³/mol. The van der Waals surface area contributed by atoms with Crippen LogP contribution in [0, 0.1) is 13.8 Å². The lowest BCUT2D eigenvalue weighted by Crippen LogP contribution is -2.42. The van der Waals surface area contributed by atoms with Crippen LogP contribution in [0.1, 0.15) is 34.1 Å². The van der Waals surface area contributed by atoms with Crippen LogP contribution in [0.3, 0.4) is 0 Å². The van der Waals surface area contributed by atoms with E-state index in [1.165, 1.54) is 0 Å². The fourth-order valence-corrected chi connectivity index (χ4v) is 3.42. The quantitative estimate of drug-likeness (QED) is 0.940. The highest BCUT2D eigenvalue weighted by atomic mass is 32.1. The molecule has 0 amide bonds. The topological polar surface area (TPSA) is 62.1 Å². The average Bonchev–Trinajstić information content (AvgIpc) is 2.88. The maximum Gasteiger partial charge on any atom is 0.131 e. The second-order valence-electron chi connectivity index (χ2n) is 5.74. The zero-order chi connectivity index (χ0) is 14.9. The average molecular weight is 304 g/mol. The highest BCUT2D eigenvalue weighted by molar-refractivity contribution is 7.11. The minimum Gasteiger partial charge on any atom is -0.383 e. The summed E-state index contributed by atoms with van der Waals surface area (Å²) in [7, 11) is 0. The van der Waals surface area contributed by atoms with Crippen LogP contribution in [0.25, 0.3) is 0 Å². The maximum atomic E-state index is 10.8. The van der Waals surface area contributed by atoms with Gasteiger partial charge in [-0.1, -0.05) is 6.07 Å². The Morgan fingerprint density at radius 2 is 2.00 bits per heavy atom. The van der Waals surface area contributed by atoms with Crippen LogP contribution in [0.4, 0.5) is 0 Å². The normalized spacial score (nSPS) is 18.8. The Hall–Kier alpha value is -1.37. The van der Waals surface area contributed by atoms with E-state index in [4.69, 9.17) is 0 Å². The van der Waals surface area contributed by atoms with Crippen molar-refractivity contribution in [1.82, 2.24) is 20.1 Å². The third-order valence-electron chi connectivity index (χ3n) is 4.00. The number of rotatable bonds is 3. The Morgan fingerprint density at radius 3 is 2.57 bits per heavy atom. The van der Waals surface area contributed by atoms with E-state index in [0.717, 1.165) is 40.9 Å². The van der Waals surface area contributed by atoms with Gasteiger partial charge in [-0.3, -0.25) is 9.88 Å². The largest absolute Gasteiger partial charge is 0.383 e. The number of aromatic nitrogens is 3. The Morgan fingerprint density at radius 1 is 1.24 bits per heavy atom. The first-order chi connectivity index (χ1) is 10.0. The van der Waals surface area contributed by atoms with Gasteiger partial charge in [0.25, 0.3) is 0 Å². The van der Waals surface area contributed by atoms with Crippen LogP contribution in [0.2, 0.25) is 0 Å². The van der Waals surface area contributed by atoms with Crippen LogP contribution < -0.4 is 0 Å². The van der Waals surface area contributed by atoms with Gasteiger partial charge in [-0.05, 0) is 38.3 Å². The molecule has 0 saturated carbocycles. The molecule has 0 radical (unpaired) electrons. The van der Waals surface area contributed by atoms with E-state index in [0.29, 0.717) is 12.8 Å². The summed E-state index contributed by atoms with van der Waals surface area (Å²) in [5.41, 5.74) is 1.12. The van der Waals surface area contributed by atoms with Crippen LogP contribution in [0.15, 0.2) is 18.3 Å². The molecule has 1 aliphatic heterocycles. The molecule has 21 heavy (non-hydrogen) atoms. The van der Waals surface area contributed by atoms with Gasteiger partial charge < -0.3 is 5.11 Å². The number of pyridine rings is 1. The van der Waals surface area contributed by atoms with Crippen LogP contribution in [0.5, 0.6) is 0 Å². The number of likely N-dealkylation sites (tertiary alicyclic amines) is 1. The van der Waals surface area contributed by atoms with E-state index in [1.807, 2.05) is 32.2 Å². The Balaban J connectivity index is 1.62. The molecule has 2 aromatic rings. The van der Waals surface area contributed by atoms with Gasteiger partial charge in [0.2, 0.25) is 0 Å². The Kier molecular flexibility index (Phi) is 4.01. The van der Waals surface area contributed by atoms with E-state index >= 15 is 0 Å². The fraction of sp³-hybridized carbons (Fsp3) is 0.533. The molecule has 1 N–H and O–H groups in total. The van der Waals surface area contributed by atoms with Crippen molar-refractivity contribution in [3.63, 3.8) is 0 Å². The van der Waals surface area contributed by atoms with E-state index in [-0.39, 0.29) is 0 Å². The zero-order valence-electron chi connectivity index (χ0n) is 12.4. The summed E-state index contributed by atoms with van der Waals surface area (Å²) in [5.74, 6) is 0. The van der Waals surface area contributed by atoms with Gasteiger partial charge in [-0.25, -0.2) is 0 Å². The predicted octanol–water partition coefficient (Wildman–Crippen LogP) is 2.03. The summed E-state index contributed by atoms with van der Waals surface area (Å²) in [6, 6.07) is 3.95. The SMILES string of the molecule is Cc1ccc(C2(O)CCN(Cc3nnc(C)s3)CC2)nc1. The highest BCUT2D eigenvalue weighted by Crippen LogP contribution is 2.32. The van der Waals surface area contributed by atoms with Crippen LogP contribution in [-0.4, -0.2) is 38.3 Å². The molecule has 6 heteroatoms. The number of aryl methyl sites for hydroxylation is 2. The molecule has 0 atom stereocenters. The second kappa shape index (κ2) is 5.79. The summed E-state index contributed by atoms with van der Waals surface area (Å²) in [5, 5.41) is 21.1. The van der Waals surface area contributed by atoms with E-state index in [2.05, 4.69) is 20.1 Å². The molecule has 1 fully saturated rings. The first-order valence-electron chi connectivity index (χ1n) is 7.22. The van der Waals surface area contributed by atoms with Gasteiger partial charge in [0.1, 0.15) is 15.6 Å². The molecule has 1 aliphatic rings. The lowest BCUT2D eigenvalue weighted by molar-refractivity contribution is -0.0311. The van der Waals surface area contributed by atoms with Crippen molar-refractivity contribution >= 4 is 11.3 Å². The van der Waals surface area contributed by atoms with Crippen molar-refractivity contribution in [3.8, 4) is 0 Å². The molecule has 0 spiro atoms. The fourth-order valence-electron chi connectivity index (χ4n) is 2.67. The van der Waals surface area contributed by atoms with Crippen molar-refractivity contribution in [3.05, 3.63) is 39.6 Å². The Bertz CT molecular complexity index is 602. The summed E-state index contributed by atoms with van der Waals surface area (Å²) in [6.45, 7) is 6.50. The van der Waals surface area contributed by atoms with E-state index in [1.54, 1.807) is 11.3 Å². The molecule has 5 nitrogen and oxygen atoms in total. The molecule has 2 aromatic heterocycles. The summed E-state index contributed by atoms with van der Waals surface area (Å²) in [6.07, 6.45) is 3.24. The molecular formula is C15H20N4OS. The van der Waals surface area contributed by atoms with Gasteiger partial charge in [-0.2, -0.15) is 0 Å². The number of piperidine rings is 1. The van der Waals surface area contributed by atoms with Gasteiger partial charge in [0, 0.05) is 19.3 Å². The first kappa shape index (κ1) is 14.6. The maximum absolute atomic E-state index is 10.8. The molecule has 0 unspecified atom stereocenters. The monoisotopic (exact) mass is 304 g/mol. The zero-order valence-corrected chi connectivity index (χ0v) is 13.2. The van der Waals surface area contributed by atoms with E-state index < -0.39 is 5.60 Å². The van der Waals surface area contributed by atoms with E-state index in [9.17, 15) is 5.11 Å². The third-order valence-corrected chi connectivity index (χ3v) is 4.82. The molecule has 3 heterocycles. The lowest BCUT2D eigenvalue weighted by atomic mass is 9.87. The standard InChI is InChI=1S/C15H20N4OS/c1-11-3-4-13(16-9-11)15(20)5-7-19(8-6-15)10-14-18-17-12(2)21-14/h3-4,9,20H,5-8,10H2,1-2H3. The molecule has 1 saturated heterocycles. The van der Waals surface area contributed by atoms with Crippen molar-refractivity contribution in [1.29, 1.82) is 0 Å². The minimum atomic E-state index is -0.790. The lowest BCUT2D eigenvalue weighted by Gasteiger charge is -2.37. The summed E-state index contributed by atoms with van der Waals surface area (Å²) >= 11 is 1.64. The smallest absolute Gasteiger partial charge is 0.131 e. The summed E-state index contributed by atoms with van der Waals surface area (Å²) in [4.78, 5) is 6.72. The number of aliphatic hydroxyl groups is 1. The van der Waals surface area contributed by atoms with Gasteiger partial charge in [-0.15, -0.1) is 21.5 Å². The van der Waals surface area contributed by atoms with Gasteiger partial charge in [0.05, 0.1) is 12.2 Å². The first-order valence-corrected chi connectivity index (χ1v) is 8.04. The Labute approximate surface area is 128 Å². The molecule has 0 bridgehead atoms. The van der Waals surface area contributed by atoms with Crippen LogP contribution >= 0.6 is 11.3 Å². The molecule has 112 valence electrons. The molecule has 0 aliphatic carbocycles. The van der Waals surface area contributed by atoms with Gasteiger partial charge >= 0.3 is 0 Å². The number of hydrogen-bond acceptors (Lipinski definition) is 6. The minimum absolute atomic E-state index is 0.709. The van der Waals surface area contributed by atoms with Gasteiger partial charge in [0.15, 0.2) is 0 Å². The van der Waals surface area contributed by atoms with Crippen molar-refractivity contribution in [2.45, 2.75) is 38.8 Å². The third kappa shape index (κ3) is 3.28. The summed E-state index contributed by atoms with van der Waals surface area (Å²) < 4.78 is 0. The van der Waals surface area contributed by atoms with Crippen molar-refractivity contribution in [2.24, 2.45) is 0 Å². The molecular weight excluding hydrogens is 284 g/mol.